The topological polar surface area (TPSA) is 94.8 Å². The fourth-order valence-corrected chi connectivity index (χ4v) is 0.707. The van der Waals surface area contributed by atoms with E-state index in [-0.39, 0.29) is 0 Å². The Kier molecular flexibility index (Phi) is 3.91. The molecule has 11 heavy (non-hydrogen) atoms. The van der Waals surface area contributed by atoms with Crippen molar-refractivity contribution in [3.8, 4) is 0 Å². The van der Waals surface area contributed by atoms with Gasteiger partial charge in [-0.05, 0) is 0 Å². The zero-order valence-corrected chi connectivity index (χ0v) is 6.36. The Morgan fingerprint density at radius 2 is 1.73 bits per heavy atom. The second-order valence-corrected chi connectivity index (χ2v) is 2.47. The van der Waals surface area contributed by atoms with Gasteiger partial charge in [0.15, 0.2) is 0 Å². The number of aliphatic hydroxyl groups excluding tert-OH is 1. The van der Waals surface area contributed by atoms with Crippen LogP contribution >= 0.6 is 12.6 Å². The standard InChI is InChI=1S/C5H8O5S/c6-1-2(4(7)8)3(11)5(9)10/h2-3,6,11H,1H2,(H,7,8)(H,9,10). The van der Waals surface area contributed by atoms with Crippen molar-refractivity contribution >= 4 is 24.6 Å². The summed E-state index contributed by atoms with van der Waals surface area (Å²) in [6.45, 7) is -0.726. The van der Waals surface area contributed by atoms with Gasteiger partial charge in [-0.3, -0.25) is 9.59 Å². The van der Waals surface area contributed by atoms with Gasteiger partial charge in [0.2, 0.25) is 0 Å². The zero-order chi connectivity index (χ0) is 9.02. The van der Waals surface area contributed by atoms with Crippen LogP contribution in [0.5, 0.6) is 0 Å². The Morgan fingerprint density at radius 3 is 1.82 bits per heavy atom. The van der Waals surface area contributed by atoms with E-state index in [1.54, 1.807) is 0 Å². The molecule has 0 saturated carbocycles. The van der Waals surface area contributed by atoms with Gasteiger partial charge < -0.3 is 15.3 Å². The zero-order valence-electron chi connectivity index (χ0n) is 5.47. The maximum absolute atomic E-state index is 10.2. The Bertz CT molecular complexity index is 168. The molecule has 0 aliphatic rings. The van der Waals surface area contributed by atoms with Crippen molar-refractivity contribution in [3.05, 3.63) is 0 Å². The molecule has 2 atom stereocenters. The van der Waals surface area contributed by atoms with E-state index in [9.17, 15) is 9.59 Å². The Labute approximate surface area is 68.1 Å². The number of aliphatic carboxylic acids is 2. The van der Waals surface area contributed by atoms with Gasteiger partial charge in [0.1, 0.15) is 11.2 Å². The highest BCUT2D eigenvalue weighted by molar-refractivity contribution is 7.81. The highest BCUT2D eigenvalue weighted by Crippen LogP contribution is 2.10. The van der Waals surface area contributed by atoms with Crippen LogP contribution in [0.3, 0.4) is 0 Å². The summed E-state index contributed by atoms with van der Waals surface area (Å²) >= 11 is 3.50. The van der Waals surface area contributed by atoms with Crippen molar-refractivity contribution in [1.82, 2.24) is 0 Å². The van der Waals surface area contributed by atoms with Crippen molar-refractivity contribution in [3.63, 3.8) is 0 Å². The first kappa shape index (κ1) is 10.2. The van der Waals surface area contributed by atoms with Gasteiger partial charge in [-0.25, -0.2) is 0 Å². The SMILES string of the molecule is O=C(O)C(S)C(CO)C(=O)O. The molecule has 0 spiro atoms. The van der Waals surface area contributed by atoms with Crippen LogP contribution in [0.15, 0.2) is 0 Å². The minimum atomic E-state index is -1.37. The van der Waals surface area contributed by atoms with Crippen LogP contribution in [0, 0.1) is 5.92 Å². The average molecular weight is 180 g/mol. The summed E-state index contributed by atoms with van der Waals surface area (Å²) < 4.78 is 0. The molecule has 0 radical (unpaired) electrons. The summed E-state index contributed by atoms with van der Waals surface area (Å²) in [7, 11) is 0. The Balaban J connectivity index is 4.25. The molecule has 6 heteroatoms. The minimum Gasteiger partial charge on any atom is -0.481 e. The summed E-state index contributed by atoms with van der Waals surface area (Å²) in [6, 6.07) is 0. The quantitative estimate of drug-likeness (QED) is 0.419. The molecule has 0 aromatic heterocycles. The van der Waals surface area contributed by atoms with Crippen LogP contribution in [0.4, 0.5) is 0 Å². The van der Waals surface area contributed by atoms with Crippen LogP contribution in [-0.4, -0.2) is 39.1 Å². The number of thiol groups is 1. The van der Waals surface area contributed by atoms with Gasteiger partial charge in [-0.1, -0.05) is 0 Å². The first-order chi connectivity index (χ1) is 5.00. The summed E-state index contributed by atoms with van der Waals surface area (Å²) in [5, 5.41) is 23.7. The first-order valence-corrected chi connectivity index (χ1v) is 3.27. The molecular weight excluding hydrogens is 172 g/mol. The third-order valence-corrected chi connectivity index (χ3v) is 1.73. The van der Waals surface area contributed by atoms with E-state index in [0.717, 1.165) is 0 Å². The normalized spacial score (nSPS) is 15.5. The molecule has 0 amide bonds. The van der Waals surface area contributed by atoms with E-state index in [0.29, 0.717) is 0 Å². The number of carboxylic acids is 2. The molecule has 3 N–H and O–H groups in total. The monoisotopic (exact) mass is 180 g/mol. The van der Waals surface area contributed by atoms with Crippen LogP contribution in [0.25, 0.3) is 0 Å². The van der Waals surface area contributed by atoms with E-state index >= 15 is 0 Å². The third kappa shape index (κ3) is 2.77. The molecule has 0 fully saturated rings. The maximum Gasteiger partial charge on any atom is 0.317 e. The minimum absolute atomic E-state index is 0.726. The molecule has 0 aromatic rings. The summed E-state index contributed by atoms with van der Waals surface area (Å²) in [6.07, 6.45) is 0. The lowest BCUT2D eigenvalue weighted by atomic mass is 10.1. The Hall–Kier alpha value is -0.750. The second kappa shape index (κ2) is 4.20. The van der Waals surface area contributed by atoms with Gasteiger partial charge in [0, 0.05) is 0 Å². The molecule has 64 valence electrons. The number of carboxylic acid groups (broad SMARTS) is 2. The smallest absolute Gasteiger partial charge is 0.317 e. The average Bonchev–Trinajstić information content (AvgIpc) is 1.88. The first-order valence-electron chi connectivity index (χ1n) is 2.75. The lowest BCUT2D eigenvalue weighted by molar-refractivity contribution is -0.148. The molecule has 2 unspecified atom stereocenters. The maximum atomic E-state index is 10.2. The van der Waals surface area contributed by atoms with Gasteiger partial charge in [-0.2, -0.15) is 12.6 Å². The largest absolute Gasteiger partial charge is 0.481 e. The van der Waals surface area contributed by atoms with Crippen molar-refractivity contribution in [2.24, 2.45) is 5.92 Å². The highest BCUT2D eigenvalue weighted by atomic mass is 32.1. The lowest BCUT2D eigenvalue weighted by Crippen LogP contribution is -2.33. The summed E-state index contributed by atoms with van der Waals surface area (Å²) in [5.74, 6) is -4.07. The van der Waals surface area contributed by atoms with Crippen LogP contribution in [0.1, 0.15) is 0 Å². The Morgan fingerprint density at radius 1 is 1.27 bits per heavy atom. The highest BCUT2D eigenvalue weighted by Gasteiger charge is 2.29. The van der Waals surface area contributed by atoms with Gasteiger partial charge in [0.05, 0.1) is 6.61 Å². The number of carbonyl (C=O) groups is 2. The fourth-order valence-electron chi connectivity index (χ4n) is 0.485. The van der Waals surface area contributed by atoms with Crippen LogP contribution in [0.2, 0.25) is 0 Å². The molecule has 0 saturated heterocycles. The molecule has 0 aliphatic carbocycles. The lowest BCUT2D eigenvalue weighted by Gasteiger charge is -2.11. The van der Waals surface area contributed by atoms with Crippen molar-refractivity contribution in [2.45, 2.75) is 5.25 Å². The predicted octanol–water partition coefficient (Wildman–Crippen LogP) is -0.938. The van der Waals surface area contributed by atoms with Crippen LogP contribution in [-0.2, 0) is 9.59 Å². The fraction of sp³-hybridized carbons (Fsp3) is 0.600. The molecule has 0 bridgehead atoms. The summed E-state index contributed by atoms with van der Waals surface area (Å²) in [5.41, 5.74) is 0. The number of aliphatic hydroxyl groups is 1. The summed E-state index contributed by atoms with van der Waals surface area (Å²) in [4.78, 5) is 20.4. The van der Waals surface area contributed by atoms with E-state index in [4.69, 9.17) is 15.3 Å². The van der Waals surface area contributed by atoms with Crippen molar-refractivity contribution in [2.75, 3.05) is 6.61 Å². The second-order valence-electron chi connectivity index (χ2n) is 1.91. The van der Waals surface area contributed by atoms with Gasteiger partial charge >= 0.3 is 11.9 Å². The van der Waals surface area contributed by atoms with Crippen LogP contribution < -0.4 is 0 Å². The number of hydrogen-bond acceptors (Lipinski definition) is 4. The molecule has 5 nitrogen and oxygen atoms in total. The van der Waals surface area contributed by atoms with Crippen molar-refractivity contribution in [1.29, 1.82) is 0 Å². The third-order valence-electron chi connectivity index (χ3n) is 1.15. The van der Waals surface area contributed by atoms with E-state index < -0.39 is 29.7 Å². The van der Waals surface area contributed by atoms with E-state index in [2.05, 4.69) is 12.6 Å². The van der Waals surface area contributed by atoms with Crippen molar-refractivity contribution < 1.29 is 24.9 Å². The van der Waals surface area contributed by atoms with Gasteiger partial charge in [-0.15, -0.1) is 0 Å². The molecule has 0 aromatic carbocycles. The molecule has 0 aliphatic heterocycles. The van der Waals surface area contributed by atoms with E-state index in [1.807, 2.05) is 0 Å². The molecule has 0 heterocycles. The molecular formula is C5H8O5S. The number of hydrogen-bond donors (Lipinski definition) is 4. The number of rotatable bonds is 4. The van der Waals surface area contributed by atoms with Gasteiger partial charge in [0.25, 0.3) is 0 Å². The molecule has 0 rings (SSSR count). The predicted molar refractivity (Wildman–Crippen MR) is 38.6 cm³/mol. The van der Waals surface area contributed by atoms with E-state index in [1.165, 1.54) is 0 Å².